The molecule has 6 nitrogen and oxygen atoms in total. The third-order valence-electron chi connectivity index (χ3n) is 4.10. The summed E-state index contributed by atoms with van der Waals surface area (Å²) in [5.74, 6) is 0.312. The van der Waals surface area contributed by atoms with E-state index in [9.17, 15) is 13.8 Å². The monoisotopic (exact) mass is 288 g/mol. The highest BCUT2D eigenvalue weighted by Gasteiger charge is 2.39. The second kappa shape index (κ2) is 5.48. The van der Waals surface area contributed by atoms with Gasteiger partial charge in [-0.25, -0.2) is 4.79 Å². The molecule has 2 saturated heterocycles. The maximum Gasteiger partial charge on any atom is 0.320 e. The van der Waals surface area contributed by atoms with Crippen molar-refractivity contribution in [3.05, 3.63) is 0 Å². The number of carboxylic acid groups (broad SMARTS) is 1. The number of carbonyl (C=O) groups is 2. The summed E-state index contributed by atoms with van der Waals surface area (Å²) in [4.78, 5) is 26.8. The Morgan fingerprint density at radius 1 is 1.05 bits per heavy atom. The van der Waals surface area contributed by atoms with Crippen LogP contribution in [0.2, 0.25) is 0 Å². The number of rotatable bonds is 1. The molecule has 108 valence electrons. The van der Waals surface area contributed by atoms with Crippen LogP contribution in [0.3, 0.4) is 0 Å². The number of amides is 2. The van der Waals surface area contributed by atoms with Gasteiger partial charge in [0.1, 0.15) is 0 Å². The average molecular weight is 288 g/mol. The molecule has 2 amide bonds. The first-order chi connectivity index (χ1) is 8.92. The largest absolute Gasteiger partial charge is 0.481 e. The van der Waals surface area contributed by atoms with Gasteiger partial charge in [-0.2, -0.15) is 0 Å². The molecule has 0 aromatic rings. The molecule has 0 saturated carbocycles. The molecule has 0 aliphatic carbocycles. The fraction of sp³-hybridized carbons (Fsp3) is 0.833. The van der Waals surface area contributed by atoms with E-state index >= 15 is 0 Å². The van der Waals surface area contributed by atoms with Crippen LogP contribution in [0.1, 0.15) is 19.8 Å². The molecule has 2 aliphatic rings. The summed E-state index contributed by atoms with van der Waals surface area (Å²) in [6.07, 6.45) is 0.988. The van der Waals surface area contributed by atoms with E-state index in [1.807, 2.05) is 0 Å². The predicted molar refractivity (Wildman–Crippen MR) is 71.4 cm³/mol. The van der Waals surface area contributed by atoms with Crippen molar-refractivity contribution in [2.24, 2.45) is 5.41 Å². The third kappa shape index (κ3) is 3.08. The molecular weight excluding hydrogens is 268 g/mol. The molecule has 1 N–H and O–H groups in total. The lowest BCUT2D eigenvalue weighted by atomic mass is 9.80. The average Bonchev–Trinajstić information content (AvgIpc) is 2.39. The Kier molecular flexibility index (Phi) is 4.13. The molecule has 2 fully saturated rings. The van der Waals surface area contributed by atoms with E-state index in [1.165, 1.54) is 0 Å². The fourth-order valence-corrected chi connectivity index (χ4v) is 3.49. The van der Waals surface area contributed by atoms with Crippen molar-refractivity contribution in [1.82, 2.24) is 9.80 Å². The Morgan fingerprint density at radius 2 is 1.53 bits per heavy atom. The Morgan fingerprint density at radius 3 is 2.00 bits per heavy atom. The Balaban J connectivity index is 1.89. The molecule has 0 aromatic carbocycles. The van der Waals surface area contributed by atoms with Crippen LogP contribution in [-0.4, -0.2) is 68.8 Å². The van der Waals surface area contributed by atoms with Gasteiger partial charge < -0.3 is 14.9 Å². The van der Waals surface area contributed by atoms with Crippen LogP contribution in [0.4, 0.5) is 4.79 Å². The van der Waals surface area contributed by atoms with Gasteiger partial charge in [-0.15, -0.1) is 0 Å². The highest BCUT2D eigenvalue weighted by molar-refractivity contribution is 7.85. The van der Waals surface area contributed by atoms with Crippen molar-refractivity contribution >= 4 is 22.8 Å². The molecule has 2 rings (SSSR count). The van der Waals surface area contributed by atoms with E-state index < -0.39 is 22.2 Å². The number of carboxylic acids is 1. The molecule has 0 atom stereocenters. The SMILES string of the molecule is CC1(C(=O)O)CCN(C(=O)N2CCS(=O)CC2)CC1. The van der Waals surface area contributed by atoms with Crippen LogP contribution >= 0.6 is 0 Å². The second-order valence-corrected chi connectivity index (χ2v) is 7.17. The summed E-state index contributed by atoms with van der Waals surface area (Å²) < 4.78 is 11.3. The minimum absolute atomic E-state index is 0.0378. The number of urea groups is 1. The van der Waals surface area contributed by atoms with Crippen molar-refractivity contribution < 1.29 is 18.9 Å². The maximum atomic E-state index is 12.2. The molecule has 19 heavy (non-hydrogen) atoms. The minimum Gasteiger partial charge on any atom is -0.481 e. The maximum absolute atomic E-state index is 12.2. The fourth-order valence-electron chi connectivity index (χ4n) is 2.43. The highest BCUT2D eigenvalue weighted by Crippen LogP contribution is 2.31. The van der Waals surface area contributed by atoms with Gasteiger partial charge in [0.05, 0.1) is 5.41 Å². The van der Waals surface area contributed by atoms with Gasteiger partial charge in [0.2, 0.25) is 0 Å². The van der Waals surface area contributed by atoms with Crippen molar-refractivity contribution in [3.63, 3.8) is 0 Å². The van der Waals surface area contributed by atoms with Crippen LogP contribution in [0.5, 0.6) is 0 Å². The Bertz CT molecular complexity index is 395. The Labute approximate surface area is 115 Å². The molecular formula is C12H20N2O4S. The summed E-state index contributed by atoms with van der Waals surface area (Å²) >= 11 is 0. The summed E-state index contributed by atoms with van der Waals surface area (Å²) in [6.45, 7) is 3.79. The number of nitrogens with zero attached hydrogens (tertiary/aromatic N) is 2. The lowest BCUT2D eigenvalue weighted by Gasteiger charge is -2.39. The van der Waals surface area contributed by atoms with Crippen LogP contribution in [-0.2, 0) is 15.6 Å². The van der Waals surface area contributed by atoms with Crippen molar-refractivity contribution in [2.45, 2.75) is 19.8 Å². The van der Waals surface area contributed by atoms with Crippen LogP contribution in [0.25, 0.3) is 0 Å². The van der Waals surface area contributed by atoms with Gasteiger partial charge in [0.15, 0.2) is 0 Å². The van der Waals surface area contributed by atoms with E-state index in [0.717, 1.165) is 0 Å². The zero-order chi connectivity index (χ0) is 14.0. The quantitative estimate of drug-likeness (QED) is 0.755. The lowest BCUT2D eigenvalue weighted by Crippen LogP contribution is -2.52. The summed E-state index contributed by atoms with van der Waals surface area (Å²) in [6, 6.07) is -0.0378. The first-order valence-electron chi connectivity index (χ1n) is 6.55. The summed E-state index contributed by atoms with van der Waals surface area (Å²) in [7, 11) is -0.791. The van der Waals surface area contributed by atoms with E-state index in [0.29, 0.717) is 50.5 Å². The van der Waals surface area contributed by atoms with Gasteiger partial charge >= 0.3 is 12.0 Å². The van der Waals surface area contributed by atoms with E-state index in [2.05, 4.69) is 0 Å². The molecule has 2 aliphatic heterocycles. The van der Waals surface area contributed by atoms with Gasteiger partial charge in [0, 0.05) is 48.5 Å². The molecule has 0 spiro atoms. The van der Waals surface area contributed by atoms with E-state index in [4.69, 9.17) is 5.11 Å². The normalized spacial score (nSPS) is 24.3. The first-order valence-corrected chi connectivity index (χ1v) is 8.03. The summed E-state index contributed by atoms with van der Waals surface area (Å²) in [5.41, 5.74) is -0.708. The number of aliphatic carboxylic acids is 1. The number of likely N-dealkylation sites (tertiary alicyclic amines) is 1. The van der Waals surface area contributed by atoms with Gasteiger partial charge in [-0.1, -0.05) is 0 Å². The summed E-state index contributed by atoms with van der Waals surface area (Å²) in [5, 5.41) is 9.15. The number of carbonyl (C=O) groups excluding carboxylic acids is 1. The van der Waals surface area contributed by atoms with Crippen molar-refractivity contribution in [1.29, 1.82) is 0 Å². The standard InChI is InChI=1S/C12H20N2O4S/c1-12(10(15)16)2-4-13(5-3-12)11(17)14-6-8-19(18)9-7-14/h2-9H2,1H3,(H,15,16). The molecule has 0 aromatic heterocycles. The van der Waals surface area contributed by atoms with Crippen molar-refractivity contribution in [2.75, 3.05) is 37.7 Å². The van der Waals surface area contributed by atoms with E-state index in [1.54, 1.807) is 16.7 Å². The smallest absolute Gasteiger partial charge is 0.320 e. The number of hydrogen-bond acceptors (Lipinski definition) is 3. The predicted octanol–water partition coefficient (Wildman–Crippen LogP) is 0.357. The third-order valence-corrected chi connectivity index (χ3v) is 5.38. The van der Waals surface area contributed by atoms with Gasteiger partial charge in [-0.05, 0) is 19.8 Å². The molecule has 2 heterocycles. The van der Waals surface area contributed by atoms with Crippen LogP contribution in [0.15, 0.2) is 0 Å². The minimum atomic E-state index is -0.791. The Hall–Kier alpha value is -1.11. The van der Waals surface area contributed by atoms with Crippen LogP contribution in [0, 0.1) is 5.41 Å². The van der Waals surface area contributed by atoms with Gasteiger partial charge in [-0.3, -0.25) is 9.00 Å². The second-order valence-electron chi connectivity index (χ2n) is 5.47. The number of piperidine rings is 1. The highest BCUT2D eigenvalue weighted by atomic mass is 32.2. The molecule has 0 unspecified atom stereocenters. The lowest BCUT2D eigenvalue weighted by molar-refractivity contribution is -0.150. The van der Waals surface area contributed by atoms with Gasteiger partial charge in [0.25, 0.3) is 0 Å². The zero-order valence-corrected chi connectivity index (χ0v) is 11.9. The topological polar surface area (TPSA) is 77.9 Å². The van der Waals surface area contributed by atoms with Crippen LogP contribution < -0.4 is 0 Å². The molecule has 0 radical (unpaired) electrons. The van der Waals surface area contributed by atoms with Crippen molar-refractivity contribution in [3.8, 4) is 0 Å². The molecule has 7 heteroatoms. The number of hydrogen-bond donors (Lipinski definition) is 1. The zero-order valence-electron chi connectivity index (χ0n) is 11.1. The first kappa shape index (κ1) is 14.3. The van der Waals surface area contributed by atoms with E-state index in [-0.39, 0.29) is 6.03 Å². The molecule has 0 bridgehead atoms.